The minimum atomic E-state index is -0.573. The van der Waals surface area contributed by atoms with E-state index in [2.05, 4.69) is 37.2 Å². The molecular formula is C9H4Br2ClFN2O. The lowest BCUT2D eigenvalue weighted by Gasteiger charge is -2.09. The van der Waals surface area contributed by atoms with Crippen LogP contribution >= 0.6 is 43.5 Å². The zero-order valence-electron chi connectivity index (χ0n) is 7.65. The lowest BCUT2D eigenvalue weighted by Crippen LogP contribution is -2.11. The number of carbonyl (C=O) groups excluding carboxylic acids is 1. The van der Waals surface area contributed by atoms with Gasteiger partial charge in [-0.15, -0.1) is 0 Å². The van der Waals surface area contributed by atoms with E-state index in [0.29, 0.717) is 0 Å². The van der Waals surface area contributed by atoms with Crippen molar-refractivity contribution in [3.8, 4) is 6.07 Å². The lowest BCUT2D eigenvalue weighted by atomic mass is 10.3. The minimum absolute atomic E-state index is 0.0400. The smallest absolute Gasteiger partial charge is 0.238 e. The number of hydrogen-bond donors (Lipinski definition) is 1. The Morgan fingerprint density at radius 3 is 2.81 bits per heavy atom. The molecule has 0 saturated carbocycles. The molecule has 0 atom stereocenters. The molecule has 0 heterocycles. The molecule has 0 unspecified atom stereocenters. The summed E-state index contributed by atoms with van der Waals surface area (Å²) in [5, 5.41) is 10.8. The number of amides is 1. The quantitative estimate of drug-likeness (QED) is 0.635. The van der Waals surface area contributed by atoms with Crippen molar-refractivity contribution in [1.82, 2.24) is 0 Å². The molecule has 0 aliphatic carbocycles. The molecule has 1 N–H and O–H groups in total. The van der Waals surface area contributed by atoms with E-state index in [1.165, 1.54) is 6.07 Å². The van der Waals surface area contributed by atoms with Crippen molar-refractivity contribution in [2.45, 2.75) is 6.42 Å². The van der Waals surface area contributed by atoms with Crippen molar-refractivity contribution in [2.24, 2.45) is 0 Å². The Kier molecular flexibility index (Phi) is 4.71. The Bertz CT molecular complexity index is 487. The van der Waals surface area contributed by atoms with Gasteiger partial charge in [-0.05, 0) is 37.9 Å². The third-order valence-electron chi connectivity index (χ3n) is 1.62. The lowest BCUT2D eigenvalue weighted by molar-refractivity contribution is -0.115. The Morgan fingerprint density at radius 2 is 2.25 bits per heavy atom. The molecule has 0 aliphatic rings. The number of benzene rings is 1. The van der Waals surface area contributed by atoms with E-state index in [-0.39, 0.29) is 26.1 Å². The zero-order valence-corrected chi connectivity index (χ0v) is 11.6. The molecule has 1 amide bonds. The normalized spacial score (nSPS) is 9.69. The average Bonchev–Trinajstić information content (AvgIpc) is 2.22. The highest BCUT2D eigenvalue weighted by atomic mass is 79.9. The van der Waals surface area contributed by atoms with E-state index in [4.69, 9.17) is 16.9 Å². The number of nitrogens with one attached hydrogen (secondary N) is 1. The van der Waals surface area contributed by atoms with Gasteiger partial charge in [0.25, 0.3) is 0 Å². The first-order chi connectivity index (χ1) is 7.47. The van der Waals surface area contributed by atoms with Crippen molar-refractivity contribution in [2.75, 3.05) is 5.32 Å². The number of rotatable bonds is 2. The maximum Gasteiger partial charge on any atom is 0.238 e. The number of hydrogen-bond acceptors (Lipinski definition) is 2. The molecule has 0 aliphatic heterocycles. The molecule has 3 nitrogen and oxygen atoms in total. The summed E-state index contributed by atoms with van der Waals surface area (Å²) in [7, 11) is 0. The average molecular weight is 370 g/mol. The van der Waals surface area contributed by atoms with Crippen LogP contribution in [0.25, 0.3) is 0 Å². The van der Waals surface area contributed by atoms with Gasteiger partial charge in [0.05, 0.1) is 25.7 Å². The second kappa shape index (κ2) is 5.62. The van der Waals surface area contributed by atoms with Gasteiger partial charge in [0, 0.05) is 0 Å². The Balaban J connectivity index is 3.11. The first-order valence-corrected chi connectivity index (χ1v) is 5.93. The van der Waals surface area contributed by atoms with Crippen LogP contribution in [0.2, 0.25) is 5.02 Å². The molecule has 0 saturated heterocycles. The third-order valence-corrected chi connectivity index (χ3v) is 3.24. The summed E-state index contributed by atoms with van der Waals surface area (Å²) in [6.07, 6.45) is -0.319. The van der Waals surface area contributed by atoms with E-state index >= 15 is 0 Å². The number of nitrogens with zero attached hydrogens (tertiary/aromatic N) is 1. The van der Waals surface area contributed by atoms with Gasteiger partial charge < -0.3 is 5.32 Å². The van der Waals surface area contributed by atoms with Gasteiger partial charge in [0.1, 0.15) is 6.42 Å². The highest BCUT2D eigenvalue weighted by Gasteiger charge is 2.16. The highest BCUT2D eigenvalue weighted by Crippen LogP contribution is 2.37. The van der Waals surface area contributed by atoms with E-state index in [9.17, 15) is 9.18 Å². The molecule has 16 heavy (non-hydrogen) atoms. The zero-order chi connectivity index (χ0) is 12.3. The second-order valence-corrected chi connectivity index (χ2v) is 4.78. The predicted octanol–water partition coefficient (Wildman–Crippen LogP) is 3.86. The Hall–Kier alpha value is -0.640. The van der Waals surface area contributed by atoms with Crippen LogP contribution < -0.4 is 5.32 Å². The molecule has 7 heteroatoms. The minimum Gasteiger partial charge on any atom is -0.323 e. The number of carbonyl (C=O) groups is 1. The molecule has 84 valence electrons. The van der Waals surface area contributed by atoms with E-state index in [0.717, 1.165) is 0 Å². The van der Waals surface area contributed by atoms with Gasteiger partial charge in [0.2, 0.25) is 5.91 Å². The summed E-state index contributed by atoms with van der Waals surface area (Å²) in [4.78, 5) is 11.2. The van der Waals surface area contributed by atoms with E-state index < -0.39 is 11.7 Å². The molecule has 1 aromatic rings. The highest BCUT2D eigenvalue weighted by molar-refractivity contribution is 9.11. The maximum atomic E-state index is 13.4. The Labute approximate surface area is 113 Å². The van der Waals surface area contributed by atoms with Crippen LogP contribution in [0.5, 0.6) is 0 Å². The molecule has 0 radical (unpaired) electrons. The molecule has 0 aromatic heterocycles. The molecule has 1 rings (SSSR count). The fraction of sp³-hybridized carbons (Fsp3) is 0.111. The summed E-state index contributed by atoms with van der Waals surface area (Å²) in [5.41, 5.74) is 0.114. The first-order valence-electron chi connectivity index (χ1n) is 3.97. The predicted molar refractivity (Wildman–Crippen MR) is 65.7 cm³/mol. The summed E-state index contributed by atoms with van der Waals surface area (Å²) in [5.74, 6) is -1.12. The summed E-state index contributed by atoms with van der Waals surface area (Å²) in [6.45, 7) is 0. The fourth-order valence-electron chi connectivity index (χ4n) is 0.936. The monoisotopic (exact) mass is 368 g/mol. The van der Waals surface area contributed by atoms with Gasteiger partial charge in [-0.3, -0.25) is 4.79 Å². The van der Waals surface area contributed by atoms with Crippen molar-refractivity contribution < 1.29 is 9.18 Å². The SMILES string of the molecule is N#CCC(=O)Nc1c(Cl)cc(Br)c(F)c1Br. The summed E-state index contributed by atoms with van der Waals surface area (Å²) < 4.78 is 13.7. The molecule has 0 spiro atoms. The summed E-state index contributed by atoms with van der Waals surface area (Å²) >= 11 is 11.8. The Morgan fingerprint density at radius 1 is 1.62 bits per heavy atom. The van der Waals surface area contributed by atoms with Crippen LogP contribution in [-0.2, 0) is 4.79 Å². The van der Waals surface area contributed by atoms with Gasteiger partial charge >= 0.3 is 0 Å². The van der Waals surface area contributed by atoms with Crippen LogP contribution in [0.4, 0.5) is 10.1 Å². The standard InChI is InChI=1S/C9H4Br2ClFN2O/c10-4-3-5(12)9(7(11)8(4)13)15-6(16)1-2-14/h3H,1H2,(H,15,16). The van der Waals surface area contributed by atoms with Crippen LogP contribution in [0.1, 0.15) is 6.42 Å². The van der Waals surface area contributed by atoms with Crippen LogP contribution in [-0.4, -0.2) is 5.91 Å². The first kappa shape index (κ1) is 13.4. The van der Waals surface area contributed by atoms with Gasteiger partial charge in [-0.2, -0.15) is 5.26 Å². The van der Waals surface area contributed by atoms with E-state index in [1.807, 2.05) is 0 Å². The maximum absolute atomic E-state index is 13.4. The molecular weight excluding hydrogens is 366 g/mol. The van der Waals surface area contributed by atoms with E-state index in [1.54, 1.807) is 6.07 Å². The number of anilines is 1. The van der Waals surface area contributed by atoms with Crippen molar-refractivity contribution in [3.63, 3.8) is 0 Å². The van der Waals surface area contributed by atoms with Crippen molar-refractivity contribution in [1.29, 1.82) is 5.26 Å². The van der Waals surface area contributed by atoms with Gasteiger partial charge in [-0.25, -0.2) is 4.39 Å². The summed E-state index contributed by atoms with van der Waals surface area (Å²) in [6, 6.07) is 3.00. The topological polar surface area (TPSA) is 52.9 Å². The number of halogens is 4. The van der Waals surface area contributed by atoms with Gasteiger partial charge in [-0.1, -0.05) is 11.6 Å². The molecule has 0 bridgehead atoms. The van der Waals surface area contributed by atoms with Crippen molar-refractivity contribution >= 4 is 55.1 Å². The molecule has 1 aromatic carbocycles. The van der Waals surface area contributed by atoms with Crippen LogP contribution in [0.3, 0.4) is 0 Å². The van der Waals surface area contributed by atoms with Crippen LogP contribution in [0, 0.1) is 17.1 Å². The second-order valence-electron chi connectivity index (χ2n) is 2.73. The third kappa shape index (κ3) is 2.94. The van der Waals surface area contributed by atoms with Crippen molar-refractivity contribution in [3.05, 3.63) is 25.9 Å². The number of nitriles is 1. The van der Waals surface area contributed by atoms with Gasteiger partial charge in [0.15, 0.2) is 5.82 Å². The largest absolute Gasteiger partial charge is 0.323 e. The molecule has 0 fully saturated rings. The van der Waals surface area contributed by atoms with Crippen LogP contribution in [0.15, 0.2) is 15.0 Å². The fourth-order valence-corrected chi connectivity index (χ4v) is 2.65.